The van der Waals surface area contributed by atoms with Gasteiger partial charge in [0.05, 0.1) is 0 Å². The van der Waals surface area contributed by atoms with Gasteiger partial charge in [0.15, 0.2) is 0 Å². The molecule has 2 rings (SSSR count). The van der Waals surface area contributed by atoms with Gasteiger partial charge in [-0.25, -0.2) is 4.79 Å². The molecule has 0 radical (unpaired) electrons. The van der Waals surface area contributed by atoms with Crippen LogP contribution in [-0.2, 0) is 6.42 Å². The van der Waals surface area contributed by atoms with Crippen LogP contribution in [0.2, 0.25) is 0 Å². The van der Waals surface area contributed by atoms with Crippen LogP contribution in [0.25, 0.3) is 0 Å². The molecule has 0 saturated carbocycles. The van der Waals surface area contributed by atoms with Crippen molar-refractivity contribution < 1.29 is 14.6 Å². The molecule has 0 amide bonds. The van der Waals surface area contributed by atoms with Gasteiger partial charge in [0, 0.05) is 0 Å². The zero-order valence-electron chi connectivity index (χ0n) is 17.2. The average molecular weight is 383 g/mol. The van der Waals surface area contributed by atoms with Gasteiger partial charge in [0.1, 0.15) is 17.1 Å². The highest BCUT2D eigenvalue weighted by Crippen LogP contribution is 2.31. The third-order valence-corrected chi connectivity index (χ3v) is 5.09. The van der Waals surface area contributed by atoms with Crippen molar-refractivity contribution in [3.63, 3.8) is 0 Å². The molecule has 0 aliphatic heterocycles. The Labute approximate surface area is 169 Å². The summed E-state index contributed by atoms with van der Waals surface area (Å²) in [5, 5.41) is 9.53. The lowest BCUT2D eigenvalue weighted by atomic mass is 10.0. The van der Waals surface area contributed by atoms with Gasteiger partial charge in [-0.2, -0.15) is 0 Å². The summed E-state index contributed by atoms with van der Waals surface area (Å²) in [7, 11) is 0. The minimum absolute atomic E-state index is 0.230. The van der Waals surface area contributed by atoms with E-state index >= 15 is 0 Å². The van der Waals surface area contributed by atoms with Crippen LogP contribution < -0.4 is 4.74 Å². The van der Waals surface area contributed by atoms with E-state index in [0.717, 1.165) is 18.4 Å². The molecule has 0 aliphatic rings. The average Bonchev–Trinajstić information content (AvgIpc) is 2.71. The lowest BCUT2D eigenvalue weighted by Crippen LogP contribution is -2.03. The third kappa shape index (κ3) is 7.75. The molecular formula is C25H34O3. The third-order valence-electron chi connectivity index (χ3n) is 5.09. The van der Waals surface area contributed by atoms with E-state index in [9.17, 15) is 9.90 Å². The topological polar surface area (TPSA) is 46.5 Å². The summed E-state index contributed by atoms with van der Waals surface area (Å²) in [6.45, 7) is 2.25. The molecule has 2 aromatic carbocycles. The van der Waals surface area contributed by atoms with Crippen molar-refractivity contribution in [2.45, 2.75) is 77.6 Å². The first-order valence-electron chi connectivity index (χ1n) is 10.8. The second kappa shape index (κ2) is 13.0. The second-order valence-electron chi connectivity index (χ2n) is 7.45. The van der Waals surface area contributed by atoms with E-state index in [1.54, 1.807) is 6.07 Å². The smallest absolute Gasteiger partial charge is 0.339 e. The molecule has 0 unspecified atom stereocenters. The Hall–Kier alpha value is -2.29. The number of aryl methyl sites for hydroxylation is 1. The molecule has 0 fully saturated rings. The van der Waals surface area contributed by atoms with Crippen LogP contribution in [0.4, 0.5) is 0 Å². The van der Waals surface area contributed by atoms with Crippen LogP contribution in [0.15, 0.2) is 48.5 Å². The van der Waals surface area contributed by atoms with Gasteiger partial charge in [0.25, 0.3) is 0 Å². The van der Waals surface area contributed by atoms with Crippen molar-refractivity contribution in [2.24, 2.45) is 0 Å². The van der Waals surface area contributed by atoms with Gasteiger partial charge in [0.2, 0.25) is 0 Å². The fraction of sp³-hybridized carbons (Fsp3) is 0.480. The molecule has 0 aromatic heterocycles. The van der Waals surface area contributed by atoms with Crippen molar-refractivity contribution in [3.8, 4) is 11.5 Å². The van der Waals surface area contributed by atoms with Crippen molar-refractivity contribution >= 4 is 5.97 Å². The van der Waals surface area contributed by atoms with Crippen molar-refractivity contribution in [3.05, 3.63) is 59.7 Å². The monoisotopic (exact) mass is 382 g/mol. The predicted molar refractivity (Wildman–Crippen MR) is 115 cm³/mol. The Balaban J connectivity index is 1.82. The fourth-order valence-corrected chi connectivity index (χ4v) is 3.48. The SMILES string of the molecule is CCCCCCCCCCCCc1cccc(C(=O)O)c1Oc1ccccc1. The number of carbonyl (C=O) groups is 1. The maximum atomic E-state index is 11.6. The number of benzene rings is 2. The first-order valence-corrected chi connectivity index (χ1v) is 10.8. The van der Waals surface area contributed by atoms with E-state index in [-0.39, 0.29) is 5.56 Å². The molecule has 2 aromatic rings. The molecule has 0 saturated heterocycles. The van der Waals surface area contributed by atoms with E-state index in [4.69, 9.17) is 4.74 Å². The molecule has 28 heavy (non-hydrogen) atoms. The number of carboxylic acid groups (broad SMARTS) is 1. The van der Waals surface area contributed by atoms with Gasteiger partial charge in [-0.15, -0.1) is 0 Å². The van der Waals surface area contributed by atoms with E-state index in [1.165, 1.54) is 57.8 Å². The summed E-state index contributed by atoms with van der Waals surface area (Å²) < 4.78 is 5.96. The quantitative estimate of drug-likeness (QED) is 0.341. The zero-order valence-corrected chi connectivity index (χ0v) is 17.2. The number of ether oxygens (including phenoxy) is 1. The van der Waals surface area contributed by atoms with Gasteiger partial charge in [-0.05, 0) is 36.6 Å². The number of aromatic carboxylic acids is 1. The van der Waals surface area contributed by atoms with Crippen molar-refractivity contribution in [2.75, 3.05) is 0 Å². The molecular weight excluding hydrogens is 348 g/mol. The molecule has 3 nitrogen and oxygen atoms in total. The van der Waals surface area contributed by atoms with E-state index in [1.807, 2.05) is 42.5 Å². The second-order valence-corrected chi connectivity index (χ2v) is 7.45. The van der Waals surface area contributed by atoms with Crippen LogP contribution in [0.1, 0.15) is 87.1 Å². The Bertz CT molecular complexity index is 694. The summed E-state index contributed by atoms with van der Waals surface area (Å²) in [4.78, 5) is 11.6. The number of hydrogen-bond donors (Lipinski definition) is 1. The molecule has 1 N–H and O–H groups in total. The van der Waals surface area contributed by atoms with Crippen LogP contribution >= 0.6 is 0 Å². The maximum Gasteiger partial charge on any atom is 0.339 e. The molecule has 0 heterocycles. The summed E-state index contributed by atoms with van der Waals surface area (Å²) in [5.41, 5.74) is 1.21. The van der Waals surface area contributed by atoms with Crippen LogP contribution in [0.5, 0.6) is 11.5 Å². The van der Waals surface area contributed by atoms with E-state index in [2.05, 4.69) is 6.92 Å². The summed E-state index contributed by atoms with van der Waals surface area (Å²) in [6, 6.07) is 14.8. The Kier molecular flexibility index (Phi) is 10.2. The van der Waals surface area contributed by atoms with Gasteiger partial charge in [-0.1, -0.05) is 95.0 Å². The fourth-order valence-electron chi connectivity index (χ4n) is 3.48. The normalized spacial score (nSPS) is 10.8. The highest BCUT2D eigenvalue weighted by Gasteiger charge is 2.16. The van der Waals surface area contributed by atoms with Gasteiger partial charge in [-0.3, -0.25) is 0 Å². The molecule has 0 spiro atoms. The zero-order chi connectivity index (χ0) is 20.0. The van der Waals surface area contributed by atoms with Crippen molar-refractivity contribution in [1.29, 1.82) is 0 Å². The van der Waals surface area contributed by atoms with Crippen LogP contribution in [0.3, 0.4) is 0 Å². The van der Waals surface area contributed by atoms with Gasteiger partial charge >= 0.3 is 5.97 Å². The lowest BCUT2D eigenvalue weighted by molar-refractivity contribution is 0.0694. The molecule has 0 bridgehead atoms. The molecule has 3 heteroatoms. The lowest BCUT2D eigenvalue weighted by Gasteiger charge is -2.14. The molecule has 0 atom stereocenters. The first-order chi connectivity index (χ1) is 13.7. The number of rotatable bonds is 14. The van der Waals surface area contributed by atoms with Crippen molar-refractivity contribution in [1.82, 2.24) is 0 Å². The minimum Gasteiger partial charge on any atom is -0.478 e. The largest absolute Gasteiger partial charge is 0.478 e. The maximum absolute atomic E-state index is 11.6. The van der Waals surface area contributed by atoms with E-state index in [0.29, 0.717) is 11.5 Å². The van der Waals surface area contributed by atoms with Gasteiger partial charge < -0.3 is 9.84 Å². The summed E-state index contributed by atoms with van der Waals surface area (Å²) in [5.74, 6) is 0.202. The first kappa shape index (κ1) is 22.0. The predicted octanol–water partition coefficient (Wildman–Crippen LogP) is 7.64. The Morgan fingerprint density at radius 2 is 1.39 bits per heavy atom. The highest BCUT2D eigenvalue weighted by molar-refractivity contribution is 5.91. The number of unbranched alkanes of at least 4 members (excludes halogenated alkanes) is 9. The summed E-state index contributed by atoms with van der Waals surface area (Å²) in [6.07, 6.45) is 13.7. The minimum atomic E-state index is -0.948. The molecule has 0 aliphatic carbocycles. The molecule has 152 valence electrons. The summed E-state index contributed by atoms with van der Waals surface area (Å²) >= 11 is 0. The van der Waals surface area contributed by atoms with Crippen LogP contribution in [0, 0.1) is 0 Å². The number of hydrogen-bond acceptors (Lipinski definition) is 2. The number of carboxylic acids is 1. The highest BCUT2D eigenvalue weighted by atomic mass is 16.5. The van der Waals surface area contributed by atoms with E-state index < -0.39 is 5.97 Å². The Morgan fingerprint density at radius 1 is 0.786 bits per heavy atom. The standard InChI is InChI=1S/C25H34O3/c1-2-3-4-5-6-7-8-9-10-12-16-21-17-15-20-23(25(26)27)24(21)28-22-18-13-11-14-19-22/h11,13-15,17-20H,2-10,12,16H2,1H3,(H,26,27). The Morgan fingerprint density at radius 3 is 2.00 bits per heavy atom. The van der Waals surface area contributed by atoms with Crippen LogP contribution in [-0.4, -0.2) is 11.1 Å². The number of para-hydroxylation sites is 2.